The Morgan fingerprint density at radius 3 is 2.47 bits per heavy atom. The number of rotatable bonds is 9. The summed E-state index contributed by atoms with van der Waals surface area (Å²) in [4.78, 5) is 33.6. The molecule has 3 rings (SSSR count). The third-order valence-electron chi connectivity index (χ3n) is 5.04. The first kappa shape index (κ1) is 25.0. The number of hydrogen-bond donors (Lipinski definition) is 3. The first-order valence-corrected chi connectivity index (χ1v) is 11.3. The molecule has 0 spiro atoms. The molecular formula is C25H29ClN6O2. The minimum atomic E-state index is -0.356. The fourth-order valence-electron chi connectivity index (χ4n) is 3.27. The Bertz CT molecular complexity index is 1120. The molecule has 3 aromatic rings. The molecule has 0 saturated heterocycles. The predicted molar refractivity (Wildman–Crippen MR) is 137 cm³/mol. The van der Waals surface area contributed by atoms with Crippen molar-refractivity contribution in [3.05, 3.63) is 83.1 Å². The highest BCUT2D eigenvalue weighted by molar-refractivity contribution is 6.30. The Balaban J connectivity index is 1.67. The SMILES string of the molecule is CN(C)CCCN(Cc1ccc(C(=O)Nc2ccccc2N)nc1)C(=O)Nc1cccc(Cl)c1. The Hall–Kier alpha value is -3.62. The number of aromatic nitrogens is 1. The van der Waals surface area contributed by atoms with Crippen molar-refractivity contribution in [3.63, 3.8) is 0 Å². The molecular weight excluding hydrogens is 452 g/mol. The van der Waals surface area contributed by atoms with Crippen LogP contribution < -0.4 is 16.4 Å². The predicted octanol–water partition coefficient (Wildman–Crippen LogP) is 4.56. The summed E-state index contributed by atoms with van der Waals surface area (Å²) >= 11 is 6.04. The van der Waals surface area contributed by atoms with Crippen LogP contribution in [0.25, 0.3) is 0 Å². The lowest BCUT2D eigenvalue weighted by atomic mass is 10.2. The zero-order valence-corrected chi connectivity index (χ0v) is 20.0. The van der Waals surface area contributed by atoms with Crippen LogP contribution in [0.3, 0.4) is 0 Å². The Kier molecular flexibility index (Phi) is 8.84. The third kappa shape index (κ3) is 7.47. The number of nitrogens with one attached hydrogen (secondary N) is 2. The van der Waals surface area contributed by atoms with Crippen LogP contribution in [0.5, 0.6) is 0 Å². The molecule has 2 aromatic carbocycles. The standard InChI is InChI=1S/C25H29ClN6O2/c1-31(2)13-6-14-32(25(34)29-20-8-5-7-19(26)15-20)17-18-11-12-23(28-16-18)24(33)30-22-10-4-3-9-21(22)27/h3-5,7-12,15-16H,6,13-14,17,27H2,1-2H3,(H,29,34)(H,30,33). The lowest BCUT2D eigenvalue weighted by Crippen LogP contribution is -2.36. The van der Waals surface area contributed by atoms with Gasteiger partial charge in [0.15, 0.2) is 0 Å². The van der Waals surface area contributed by atoms with E-state index in [1.807, 2.05) is 14.1 Å². The number of nitrogens with two attached hydrogens (primary N) is 1. The number of para-hydroxylation sites is 2. The van der Waals surface area contributed by atoms with E-state index in [9.17, 15) is 9.59 Å². The number of nitrogen functional groups attached to an aromatic ring is 1. The van der Waals surface area contributed by atoms with Gasteiger partial charge in [-0.15, -0.1) is 0 Å². The molecule has 1 heterocycles. The molecule has 0 aliphatic carbocycles. The van der Waals surface area contributed by atoms with Crippen LogP contribution in [0.2, 0.25) is 5.02 Å². The Morgan fingerprint density at radius 2 is 1.79 bits per heavy atom. The van der Waals surface area contributed by atoms with E-state index >= 15 is 0 Å². The number of pyridine rings is 1. The molecule has 0 aliphatic rings. The first-order valence-electron chi connectivity index (χ1n) is 10.9. The van der Waals surface area contributed by atoms with Gasteiger partial charge in [0.25, 0.3) is 5.91 Å². The highest BCUT2D eigenvalue weighted by Crippen LogP contribution is 2.18. The quantitative estimate of drug-likeness (QED) is 0.390. The highest BCUT2D eigenvalue weighted by atomic mass is 35.5. The number of carbonyl (C=O) groups is 2. The van der Waals surface area contributed by atoms with Gasteiger partial charge in [-0.05, 0) is 69.0 Å². The molecule has 0 saturated carbocycles. The Labute approximate surface area is 204 Å². The Morgan fingerprint density at radius 1 is 1.00 bits per heavy atom. The molecule has 178 valence electrons. The molecule has 3 amide bonds. The molecule has 0 unspecified atom stereocenters. The number of carbonyl (C=O) groups excluding carboxylic acids is 2. The van der Waals surface area contributed by atoms with Crippen molar-refractivity contribution in [2.45, 2.75) is 13.0 Å². The second kappa shape index (κ2) is 12.0. The van der Waals surface area contributed by atoms with E-state index in [4.69, 9.17) is 17.3 Å². The van der Waals surface area contributed by atoms with Crippen LogP contribution in [-0.4, -0.2) is 53.9 Å². The maximum absolute atomic E-state index is 13.0. The molecule has 34 heavy (non-hydrogen) atoms. The lowest BCUT2D eigenvalue weighted by molar-refractivity contribution is 0.102. The van der Waals surface area contributed by atoms with Gasteiger partial charge in [0, 0.05) is 30.0 Å². The number of halogens is 1. The van der Waals surface area contributed by atoms with Crippen molar-refractivity contribution < 1.29 is 9.59 Å². The smallest absolute Gasteiger partial charge is 0.322 e. The maximum atomic E-state index is 13.0. The van der Waals surface area contributed by atoms with E-state index in [0.29, 0.717) is 35.2 Å². The zero-order chi connectivity index (χ0) is 24.5. The van der Waals surface area contributed by atoms with Gasteiger partial charge in [-0.3, -0.25) is 9.78 Å². The number of amides is 3. The van der Waals surface area contributed by atoms with Gasteiger partial charge < -0.3 is 26.2 Å². The number of urea groups is 1. The van der Waals surface area contributed by atoms with Gasteiger partial charge in [-0.1, -0.05) is 35.9 Å². The fourth-order valence-corrected chi connectivity index (χ4v) is 3.46. The summed E-state index contributed by atoms with van der Waals surface area (Å²) in [5.74, 6) is -0.356. The summed E-state index contributed by atoms with van der Waals surface area (Å²) in [6.45, 7) is 1.75. The molecule has 8 nitrogen and oxygen atoms in total. The molecule has 0 atom stereocenters. The number of benzene rings is 2. The van der Waals surface area contributed by atoms with E-state index in [0.717, 1.165) is 18.5 Å². The first-order chi connectivity index (χ1) is 16.3. The summed E-state index contributed by atoms with van der Waals surface area (Å²) < 4.78 is 0. The van der Waals surface area contributed by atoms with Gasteiger partial charge in [0.05, 0.1) is 11.4 Å². The second-order valence-electron chi connectivity index (χ2n) is 8.11. The van der Waals surface area contributed by atoms with Crippen LogP contribution in [0.15, 0.2) is 66.9 Å². The molecule has 9 heteroatoms. The van der Waals surface area contributed by atoms with Crippen molar-refractivity contribution in [1.82, 2.24) is 14.8 Å². The number of hydrogen-bond acceptors (Lipinski definition) is 5. The molecule has 0 radical (unpaired) electrons. The number of nitrogens with zero attached hydrogens (tertiary/aromatic N) is 3. The largest absolute Gasteiger partial charge is 0.397 e. The van der Waals surface area contributed by atoms with Crippen molar-refractivity contribution in [2.24, 2.45) is 0 Å². The monoisotopic (exact) mass is 480 g/mol. The van der Waals surface area contributed by atoms with Crippen LogP contribution in [-0.2, 0) is 6.54 Å². The topological polar surface area (TPSA) is 104 Å². The third-order valence-corrected chi connectivity index (χ3v) is 5.27. The van der Waals surface area contributed by atoms with Crippen LogP contribution >= 0.6 is 11.6 Å². The molecule has 0 aliphatic heterocycles. The lowest BCUT2D eigenvalue weighted by Gasteiger charge is -2.24. The second-order valence-corrected chi connectivity index (χ2v) is 8.55. The fraction of sp³-hybridized carbons (Fsp3) is 0.240. The maximum Gasteiger partial charge on any atom is 0.322 e. The summed E-state index contributed by atoms with van der Waals surface area (Å²) in [6, 6.07) is 17.2. The zero-order valence-electron chi connectivity index (χ0n) is 19.3. The normalized spacial score (nSPS) is 10.7. The van der Waals surface area contributed by atoms with Gasteiger partial charge in [0.2, 0.25) is 0 Å². The molecule has 1 aromatic heterocycles. The minimum absolute atomic E-state index is 0.234. The van der Waals surface area contributed by atoms with Gasteiger partial charge in [-0.2, -0.15) is 0 Å². The van der Waals surface area contributed by atoms with Crippen LogP contribution in [0.4, 0.5) is 21.9 Å². The minimum Gasteiger partial charge on any atom is -0.397 e. The van der Waals surface area contributed by atoms with Gasteiger partial charge >= 0.3 is 6.03 Å². The van der Waals surface area contributed by atoms with E-state index in [2.05, 4.69) is 20.5 Å². The average molecular weight is 481 g/mol. The van der Waals surface area contributed by atoms with Crippen LogP contribution in [0, 0.1) is 0 Å². The summed E-state index contributed by atoms with van der Waals surface area (Å²) in [7, 11) is 3.99. The average Bonchev–Trinajstić information content (AvgIpc) is 2.80. The summed E-state index contributed by atoms with van der Waals surface area (Å²) in [6.07, 6.45) is 2.41. The van der Waals surface area contributed by atoms with E-state index in [-0.39, 0.29) is 17.6 Å². The van der Waals surface area contributed by atoms with Crippen LogP contribution in [0.1, 0.15) is 22.5 Å². The van der Waals surface area contributed by atoms with E-state index in [1.165, 1.54) is 0 Å². The number of anilines is 3. The summed E-state index contributed by atoms with van der Waals surface area (Å²) in [5, 5.41) is 6.20. The van der Waals surface area contributed by atoms with Crippen molar-refractivity contribution in [1.29, 1.82) is 0 Å². The van der Waals surface area contributed by atoms with Crippen molar-refractivity contribution in [3.8, 4) is 0 Å². The summed E-state index contributed by atoms with van der Waals surface area (Å²) in [5.41, 5.74) is 8.59. The van der Waals surface area contributed by atoms with E-state index in [1.54, 1.807) is 71.8 Å². The molecule has 4 N–H and O–H groups in total. The van der Waals surface area contributed by atoms with Gasteiger partial charge in [-0.25, -0.2) is 4.79 Å². The van der Waals surface area contributed by atoms with Crippen molar-refractivity contribution >= 4 is 40.6 Å². The van der Waals surface area contributed by atoms with E-state index < -0.39 is 0 Å². The molecule has 0 fully saturated rings. The van der Waals surface area contributed by atoms with Gasteiger partial charge in [0.1, 0.15) is 5.69 Å². The molecule has 0 bridgehead atoms. The highest BCUT2D eigenvalue weighted by Gasteiger charge is 2.16. The van der Waals surface area contributed by atoms with Crippen molar-refractivity contribution in [2.75, 3.05) is 43.6 Å².